The normalized spacial score (nSPS) is 20.1. The highest BCUT2D eigenvalue weighted by molar-refractivity contribution is 8.34. The first-order chi connectivity index (χ1) is 14.5. The third-order valence-electron chi connectivity index (χ3n) is 6.82. The Balaban J connectivity index is 1.58. The van der Waals surface area contributed by atoms with Crippen molar-refractivity contribution < 1.29 is 14.3 Å². The van der Waals surface area contributed by atoms with Gasteiger partial charge in [0, 0.05) is 12.7 Å². The molecule has 1 aromatic heterocycles. The van der Waals surface area contributed by atoms with Crippen molar-refractivity contribution in [2.45, 2.75) is 49.6 Å². The maximum Gasteiger partial charge on any atom is 0.257 e. The van der Waals surface area contributed by atoms with Gasteiger partial charge in [-0.05, 0) is 51.0 Å². The number of methoxy groups -OCH3 is 1. The van der Waals surface area contributed by atoms with Gasteiger partial charge in [-0.2, -0.15) is 5.10 Å². The Morgan fingerprint density at radius 1 is 1.19 bits per heavy atom. The maximum absolute atomic E-state index is 13.5. The number of carbonyl (C=O) groups excluding carboxylic acids is 2. The number of aromatic nitrogens is 2. The standard InChI is InChI=1S/C23H32N4O3S/c1-22(2)18-16(14-27(22)20(28)17(30-3)15-10-8-7-9-11-15)19(26-25-18)24-21(29)23(12-13-23)31(4,5)6/h7-11,17H,12-14H2,1-6H3,(H2,24,25,26,29)/t17-/m1/s1. The SMILES string of the molecule is CO[C@@H](C(=O)N1Cc2c(NC(=O)C3(S(C)(C)C)CC3)n[nH]c2C1(C)C)c1ccccc1. The Kier molecular flexibility index (Phi) is 5.21. The number of benzene rings is 1. The summed E-state index contributed by atoms with van der Waals surface area (Å²) in [4.78, 5) is 28.4. The number of amides is 2. The van der Waals surface area contributed by atoms with Gasteiger partial charge in [0.15, 0.2) is 11.9 Å². The Bertz CT molecular complexity index is 1010. The largest absolute Gasteiger partial charge is 0.367 e. The molecule has 1 aliphatic carbocycles. The number of hydrogen-bond acceptors (Lipinski definition) is 4. The zero-order chi connectivity index (χ0) is 22.6. The van der Waals surface area contributed by atoms with E-state index in [0.717, 1.165) is 29.7 Å². The molecule has 1 atom stereocenters. The van der Waals surface area contributed by atoms with Gasteiger partial charge in [-0.25, -0.2) is 10.0 Å². The van der Waals surface area contributed by atoms with Gasteiger partial charge in [-0.1, -0.05) is 30.3 Å². The highest BCUT2D eigenvalue weighted by atomic mass is 32.3. The zero-order valence-corrected chi connectivity index (χ0v) is 19.9. The number of rotatable bonds is 6. The molecule has 0 unspecified atom stereocenters. The highest BCUT2D eigenvalue weighted by Gasteiger charge is 2.56. The third kappa shape index (κ3) is 3.46. The second-order valence-electron chi connectivity index (χ2n) is 9.72. The van der Waals surface area contributed by atoms with E-state index in [9.17, 15) is 9.59 Å². The maximum atomic E-state index is 13.5. The number of H-pyrrole nitrogens is 1. The van der Waals surface area contributed by atoms with Crippen LogP contribution in [-0.4, -0.2) is 57.5 Å². The van der Waals surface area contributed by atoms with Crippen LogP contribution >= 0.6 is 10.0 Å². The highest BCUT2D eigenvalue weighted by Crippen LogP contribution is 2.64. The van der Waals surface area contributed by atoms with Crippen LogP contribution < -0.4 is 5.32 Å². The molecule has 0 saturated heterocycles. The summed E-state index contributed by atoms with van der Waals surface area (Å²) in [7, 11) is 0.519. The molecule has 0 radical (unpaired) electrons. The van der Waals surface area contributed by atoms with Crippen molar-refractivity contribution in [3.8, 4) is 0 Å². The lowest BCUT2D eigenvalue weighted by atomic mass is 9.99. The van der Waals surface area contributed by atoms with Crippen LogP contribution in [0.15, 0.2) is 30.3 Å². The van der Waals surface area contributed by atoms with Crippen LogP contribution in [0.2, 0.25) is 0 Å². The quantitative estimate of drug-likeness (QED) is 0.713. The first kappa shape index (κ1) is 21.9. The van der Waals surface area contributed by atoms with E-state index in [1.165, 1.54) is 0 Å². The third-order valence-corrected chi connectivity index (χ3v) is 9.76. The van der Waals surface area contributed by atoms with Gasteiger partial charge in [0.25, 0.3) is 5.91 Å². The summed E-state index contributed by atoms with van der Waals surface area (Å²) in [6.07, 6.45) is 7.72. The van der Waals surface area contributed by atoms with Crippen molar-refractivity contribution in [2.75, 3.05) is 31.2 Å². The second-order valence-corrected chi connectivity index (χ2v) is 14.2. The first-order valence-electron chi connectivity index (χ1n) is 10.5. The van der Waals surface area contributed by atoms with Gasteiger partial charge in [0.1, 0.15) is 0 Å². The Labute approximate surface area is 185 Å². The summed E-state index contributed by atoms with van der Waals surface area (Å²) in [5.74, 6) is 0.469. The minimum absolute atomic E-state index is 0.0472. The van der Waals surface area contributed by atoms with Gasteiger partial charge in [0.05, 0.1) is 22.5 Å². The molecule has 0 bridgehead atoms. The predicted molar refractivity (Wildman–Crippen MR) is 124 cm³/mol. The number of hydrogen-bond donors (Lipinski definition) is 2. The smallest absolute Gasteiger partial charge is 0.257 e. The van der Waals surface area contributed by atoms with Gasteiger partial charge in [-0.3, -0.25) is 14.7 Å². The van der Waals surface area contributed by atoms with E-state index in [2.05, 4.69) is 34.3 Å². The molecule has 1 aromatic carbocycles. The average molecular weight is 445 g/mol. The Morgan fingerprint density at radius 2 is 1.84 bits per heavy atom. The van der Waals surface area contributed by atoms with Crippen LogP contribution in [0, 0.1) is 0 Å². The van der Waals surface area contributed by atoms with Crippen molar-refractivity contribution in [1.29, 1.82) is 0 Å². The molecular weight excluding hydrogens is 412 g/mol. The van der Waals surface area contributed by atoms with E-state index in [-0.39, 0.29) is 16.6 Å². The molecule has 2 aliphatic rings. The number of aromatic amines is 1. The summed E-state index contributed by atoms with van der Waals surface area (Å²) >= 11 is 0. The van der Waals surface area contributed by atoms with Crippen molar-refractivity contribution in [1.82, 2.24) is 15.1 Å². The molecular formula is C23H32N4O3S. The van der Waals surface area contributed by atoms with Gasteiger partial charge in [-0.15, -0.1) is 0 Å². The van der Waals surface area contributed by atoms with E-state index >= 15 is 0 Å². The molecule has 1 fully saturated rings. The molecule has 4 rings (SSSR count). The molecule has 8 heteroatoms. The fraction of sp³-hybridized carbons (Fsp3) is 0.522. The van der Waals surface area contributed by atoms with Gasteiger partial charge >= 0.3 is 0 Å². The topological polar surface area (TPSA) is 87.3 Å². The molecule has 7 nitrogen and oxygen atoms in total. The molecule has 2 heterocycles. The molecule has 2 aromatic rings. The van der Waals surface area contributed by atoms with Crippen molar-refractivity contribution >= 4 is 27.7 Å². The van der Waals surface area contributed by atoms with Crippen LogP contribution in [0.5, 0.6) is 0 Å². The number of nitrogens with zero attached hydrogens (tertiary/aromatic N) is 2. The number of nitrogens with one attached hydrogen (secondary N) is 2. The van der Waals surface area contributed by atoms with Crippen molar-refractivity contribution in [2.24, 2.45) is 0 Å². The minimum Gasteiger partial charge on any atom is -0.367 e. The monoisotopic (exact) mass is 444 g/mol. The van der Waals surface area contributed by atoms with Crippen LogP contribution in [0.1, 0.15) is 49.6 Å². The molecule has 168 valence electrons. The summed E-state index contributed by atoms with van der Waals surface area (Å²) in [6.45, 7) is 4.34. The predicted octanol–water partition coefficient (Wildman–Crippen LogP) is 3.54. The fourth-order valence-electron chi connectivity index (χ4n) is 4.57. The second kappa shape index (κ2) is 7.38. The van der Waals surface area contributed by atoms with E-state index in [1.54, 1.807) is 12.0 Å². The van der Waals surface area contributed by atoms with Crippen LogP contribution in [0.25, 0.3) is 0 Å². The minimum atomic E-state index is -1.03. The van der Waals surface area contributed by atoms with E-state index in [4.69, 9.17) is 4.74 Å². The first-order valence-corrected chi connectivity index (χ1v) is 13.3. The molecule has 1 saturated carbocycles. The van der Waals surface area contributed by atoms with Crippen LogP contribution in [-0.2, 0) is 26.4 Å². The van der Waals surface area contributed by atoms with E-state index < -0.39 is 21.7 Å². The molecule has 2 amide bonds. The number of carbonyl (C=O) groups is 2. The molecule has 2 N–H and O–H groups in total. The molecule has 1 aliphatic heterocycles. The average Bonchev–Trinajstić information content (AvgIpc) is 3.38. The summed E-state index contributed by atoms with van der Waals surface area (Å²) < 4.78 is 5.31. The van der Waals surface area contributed by atoms with Gasteiger partial charge < -0.3 is 15.0 Å². The number of anilines is 1. The van der Waals surface area contributed by atoms with Crippen molar-refractivity contribution in [3.63, 3.8) is 0 Å². The summed E-state index contributed by atoms with van der Waals surface area (Å²) in [5, 5.41) is 10.6. The lowest BCUT2D eigenvalue weighted by Crippen LogP contribution is -2.43. The number of ether oxygens (including phenoxy) is 1. The molecule has 0 spiro atoms. The summed E-state index contributed by atoms with van der Waals surface area (Å²) in [5.41, 5.74) is 1.94. The zero-order valence-electron chi connectivity index (χ0n) is 19.1. The lowest BCUT2D eigenvalue weighted by molar-refractivity contribution is -0.148. The summed E-state index contributed by atoms with van der Waals surface area (Å²) in [6, 6.07) is 9.50. The Morgan fingerprint density at radius 3 is 2.39 bits per heavy atom. The number of fused-ring (bicyclic) bond motifs is 1. The lowest BCUT2D eigenvalue weighted by Gasteiger charge is -2.35. The van der Waals surface area contributed by atoms with E-state index in [1.807, 2.05) is 44.2 Å². The van der Waals surface area contributed by atoms with Crippen LogP contribution in [0.4, 0.5) is 5.82 Å². The van der Waals surface area contributed by atoms with E-state index in [0.29, 0.717) is 12.4 Å². The van der Waals surface area contributed by atoms with Crippen LogP contribution in [0.3, 0.4) is 0 Å². The van der Waals surface area contributed by atoms with Crippen molar-refractivity contribution in [3.05, 3.63) is 47.2 Å². The fourth-order valence-corrected chi connectivity index (χ4v) is 6.51. The van der Waals surface area contributed by atoms with Gasteiger partial charge in [0.2, 0.25) is 5.91 Å². The molecule has 31 heavy (non-hydrogen) atoms. The Hall–Kier alpha value is -2.32.